The number of benzene rings is 1. The SMILES string of the molecule is CC(C)[C@@H](CO)NC(=O)[C@H](N)Cc1ccccc1. The molecule has 100 valence electrons. The van der Waals surface area contributed by atoms with Crippen LogP contribution in [0.3, 0.4) is 0 Å². The molecule has 1 amide bonds. The van der Waals surface area contributed by atoms with Gasteiger partial charge in [-0.15, -0.1) is 0 Å². The van der Waals surface area contributed by atoms with E-state index in [2.05, 4.69) is 5.32 Å². The average Bonchev–Trinajstić information content (AvgIpc) is 2.36. The van der Waals surface area contributed by atoms with Crippen molar-refractivity contribution in [3.8, 4) is 0 Å². The molecule has 4 heteroatoms. The van der Waals surface area contributed by atoms with Gasteiger partial charge >= 0.3 is 0 Å². The molecule has 1 rings (SSSR count). The maximum atomic E-state index is 11.9. The molecule has 0 aromatic heterocycles. The van der Waals surface area contributed by atoms with Gasteiger partial charge in [-0.3, -0.25) is 4.79 Å². The van der Waals surface area contributed by atoms with Gasteiger partial charge in [-0.05, 0) is 17.9 Å². The number of hydrogen-bond donors (Lipinski definition) is 3. The van der Waals surface area contributed by atoms with E-state index in [1.54, 1.807) is 0 Å². The maximum Gasteiger partial charge on any atom is 0.237 e. The van der Waals surface area contributed by atoms with Crippen molar-refractivity contribution in [1.82, 2.24) is 5.32 Å². The highest BCUT2D eigenvalue weighted by atomic mass is 16.3. The number of rotatable bonds is 6. The number of carbonyl (C=O) groups is 1. The molecule has 0 radical (unpaired) electrons. The molecule has 0 aliphatic rings. The Balaban J connectivity index is 2.51. The van der Waals surface area contributed by atoms with E-state index in [9.17, 15) is 4.79 Å². The summed E-state index contributed by atoms with van der Waals surface area (Å²) in [6, 6.07) is 8.84. The lowest BCUT2D eigenvalue weighted by atomic mass is 10.0. The maximum absolute atomic E-state index is 11.9. The number of hydrogen-bond acceptors (Lipinski definition) is 3. The highest BCUT2D eigenvalue weighted by Gasteiger charge is 2.19. The molecular formula is C14H22N2O2. The van der Waals surface area contributed by atoms with E-state index < -0.39 is 6.04 Å². The Hall–Kier alpha value is -1.39. The van der Waals surface area contributed by atoms with Gasteiger partial charge in [-0.2, -0.15) is 0 Å². The van der Waals surface area contributed by atoms with E-state index in [0.29, 0.717) is 6.42 Å². The van der Waals surface area contributed by atoms with Crippen LogP contribution in [0.5, 0.6) is 0 Å². The van der Waals surface area contributed by atoms with Crippen molar-refractivity contribution >= 4 is 5.91 Å². The molecule has 4 N–H and O–H groups in total. The minimum Gasteiger partial charge on any atom is -0.394 e. The monoisotopic (exact) mass is 250 g/mol. The van der Waals surface area contributed by atoms with Crippen LogP contribution < -0.4 is 11.1 Å². The van der Waals surface area contributed by atoms with Gasteiger partial charge in [-0.25, -0.2) is 0 Å². The zero-order chi connectivity index (χ0) is 13.5. The average molecular weight is 250 g/mol. The third-order valence-electron chi connectivity index (χ3n) is 2.96. The lowest BCUT2D eigenvalue weighted by Crippen LogP contribution is -2.49. The molecule has 0 heterocycles. The molecule has 0 aliphatic carbocycles. The van der Waals surface area contributed by atoms with Crippen LogP contribution in [-0.4, -0.2) is 29.7 Å². The van der Waals surface area contributed by atoms with Gasteiger partial charge in [0.05, 0.1) is 18.7 Å². The zero-order valence-corrected chi connectivity index (χ0v) is 11.0. The van der Waals surface area contributed by atoms with Crippen LogP contribution in [0.2, 0.25) is 0 Å². The number of nitrogens with two attached hydrogens (primary N) is 1. The minimum absolute atomic E-state index is 0.0680. The van der Waals surface area contributed by atoms with Crippen LogP contribution in [0.1, 0.15) is 19.4 Å². The first-order valence-electron chi connectivity index (χ1n) is 6.25. The Morgan fingerprint density at radius 2 is 1.94 bits per heavy atom. The minimum atomic E-state index is -0.583. The second-order valence-electron chi connectivity index (χ2n) is 4.84. The fourth-order valence-corrected chi connectivity index (χ4v) is 1.67. The summed E-state index contributed by atoms with van der Waals surface area (Å²) in [6.07, 6.45) is 0.503. The zero-order valence-electron chi connectivity index (χ0n) is 11.0. The largest absolute Gasteiger partial charge is 0.394 e. The van der Waals surface area contributed by atoms with Crippen molar-refractivity contribution < 1.29 is 9.90 Å². The highest BCUT2D eigenvalue weighted by molar-refractivity contribution is 5.82. The standard InChI is InChI=1S/C14H22N2O2/c1-10(2)13(9-17)16-14(18)12(15)8-11-6-4-3-5-7-11/h3-7,10,12-13,17H,8-9,15H2,1-2H3,(H,16,18)/t12-,13-/m1/s1. The second-order valence-corrected chi connectivity index (χ2v) is 4.84. The molecule has 0 unspecified atom stereocenters. The fraction of sp³-hybridized carbons (Fsp3) is 0.500. The van der Waals surface area contributed by atoms with Gasteiger partial charge in [0, 0.05) is 0 Å². The Labute approximate surface area is 108 Å². The van der Waals surface area contributed by atoms with E-state index in [-0.39, 0.29) is 24.5 Å². The van der Waals surface area contributed by atoms with Crippen LogP contribution in [0.25, 0.3) is 0 Å². The molecule has 18 heavy (non-hydrogen) atoms. The lowest BCUT2D eigenvalue weighted by molar-refractivity contribution is -0.123. The second kappa shape index (κ2) is 7.13. The summed E-state index contributed by atoms with van der Waals surface area (Å²) in [5, 5.41) is 11.9. The van der Waals surface area contributed by atoms with Crippen molar-refractivity contribution in [2.75, 3.05) is 6.61 Å². The first kappa shape index (κ1) is 14.7. The van der Waals surface area contributed by atoms with E-state index in [0.717, 1.165) is 5.56 Å². The van der Waals surface area contributed by atoms with Crippen molar-refractivity contribution in [3.05, 3.63) is 35.9 Å². The lowest BCUT2D eigenvalue weighted by Gasteiger charge is -2.22. The Morgan fingerprint density at radius 3 is 2.44 bits per heavy atom. The molecule has 0 saturated heterocycles. The topological polar surface area (TPSA) is 75.3 Å². The van der Waals surface area contributed by atoms with Crippen LogP contribution in [0, 0.1) is 5.92 Å². The third-order valence-corrected chi connectivity index (χ3v) is 2.96. The summed E-state index contributed by atoms with van der Waals surface area (Å²) in [7, 11) is 0. The summed E-state index contributed by atoms with van der Waals surface area (Å²) < 4.78 is 0. The van der Waals surface area contributed by atoms with Gasteiger partial charge in [0.25, 0.3) is 0 Å². The molecule has 0 saturated carbocycles. The van der Waals surface area contributed by atoms with Crippen molar-refractivity contribution in [2.24, 2.45) is 11.7 Å². The molecule has 0 bridgehead atoms. The third kappa shape index (κ3) is 4.47. The molecule has 1 aromatic rings. The molecule has 1 aromatic carbocycles. The Bertz CT molecular complexity index is 365. The van der Waals surface area contributed by atoms with Crippen molar-refractivity contribution in [2.45, 2.75) is 32.4 Å². The van der Waals surface area contributed by atoms with E-state index in [1.165, 1.54) is 0 Å². The molecule has 0 fully saturated rings. The normalized spacial score (nSPS) is 14.3. The van der Waals surface area contributed by atoms with Gasteiger partial charge in [0.1, 0.15) is 0 Å². The predicted molar refractivity (Wildman–Crippen MR) is 72.0 cm³/mol. The first-order chi connectivity index (χ1) is 8.54. The number of carbonyl (C=O) groups excluding carboxylic acids is 1. The van der Waals surface area contributed by atoms with Gasteiger partial charge in [-0.1, -0.05) is 44.2 Å². The van der Waals surface area contributed by atoms with Crippen LogP contribution >= 0.6 is 0 Å². The van der Waals surface area contributed by atoms with E-state index in [4.69, 9.17) is 10.8 Å². The predicted octanol–water partition coefficient (Wildman–Crippen LogP) is 0.690. The number of nitrogens with one attached hydrogen (secondary N) is 1. The number of aliphatic hydroxyl groups is 1. The quantitative estimate of drug-likeness (QED) is 0.695. The Morgan fingerprint density at radius 1 is 1.33 bits per heavy atom. The molecular weight excluding hydrogens is 228 g/mol. The molecule has 4 nitrogen and oxygen atoms in total. The molecule has 0 spiro atoms. The van der Waals surface area contributed by atoms with Crippen molar-refractivity contribution in [1.29, 1.82) is 0 Å². The number of amides is 1. The van der Waals surface area contributed by atoms with Gasteiger partial charge < -0.3 is 16.2 Å². The fourth-order valence-electron chi connectivity index (χ4n) is 1.67. The summed E-state index contributed by atoms with van der Waals surface area (Å²) in [5.74, 6) is -0.0329. The van der Waals surface area contributed by atoms with Crippen LogP contribution in [0.15, 0.2) is 30.3 Å². The summed E-state index contributed by atoms with van der Waals surface area (Å²) in [5.41, 5.74) is 6.89. The smallest absolute Gasteiger partial charge is 0.237 e. The first-order valence-corrected chi connectivity index (χ1v) is 6.25. The van der Waals surface area contributed by atoms with Crippen LogP contribution in [-0.2, 0) is 11.2 Å². The highest BCUT2D eigenvalue weighted by Crippen LogP contribution is 2.04. The van der Waals surface area contributed by atoms with Gasteiger partial charge in [0.15, 0.2) is 0 Å². The van der Waals surface area contributed by atoms with E-state index >= 15 is 0 Å². The van der Waals surface area contributed by atoms with Crippen LogP contribution in [0.4, 0.5) is 0 Å². The summed E-state index contributed by atoms with van der Waals surface area (Å²) in [4.78, 5) is 11.9. The number of aliphatic hydroxyl groups excluding tert-OH is 1. The van der Waals surface area contributed by atoms with E-state index in [1.807, 2.05) is 44.2 Å². The van der Waals surface area contributed by atoms with Crippen molar-refractivity contribution in [3.63, 3.8) is 0 Å². The van der Waals surface area contributed by atoms with Gasteiger partial charge in [0.2, 0.25) is 5.91 Å². The summed E-state index contributed by atoms with van der Waals surface area (Å²) >= 11 is 0. The molecule has 0 aliphatic heterocycles. The Kier molecular flexibility index (Phi) is 5.82. The summed E-state index contributed by atoms with van der Waals surface area (Å²) in [6.45, 7) is 3.83. The molecule has 2 atom stereocenters.